The zero-order chi connectivity index (χ0) is 18.3. The molecular weight excluding hydrogens is 331 g/mol. The highest BCUT2D eigenvalue weighted by Crippen LogP contribution is 2.31. The molecule has 4 aromatic carbocycles. The van der Waals surface area contributed by atoms with Crippen LogP contribution >= 0.6 is 0 Å². The molecular formula is C24H19BO2. The summed E-state index contributed by atoms with van der Waals surface area (Å²) in [6, 6.07) is 36.5. The highest BCUT2D eigenvalue weighted by Gasteiger charge is 2.09. The quantitative estimate of drug-likeness (QED) is 0.413. The van der Waals surface area contributed by atoms with Crippen molar-refractivity contribution in [3.05, 3.63) is 109 Å². The van der Waals surface area contributed by atoms with E-state index in [2.05, 4.69) is 36.4 Å². The van der Waals surface area contributed by atoms with Crippen molar-refractivity contribution in [2.75, 3.05) is 0 Å². The first-order chi connectivity index (χ1) is 13.4. The summed E-state index contributed by atoms with van der Waals surface area (Å²) in [5, 5.41) is 0. The molecule has 4 rings (SSSR count). The minimum absolute atomic E-state index is 0.147. The van der Waals surface area contributed by atoms with E-state index < -0.39 is 0 Å². The normalized spacial score (nSPS) is 10.2. The second kappa shape index (κ2) is 8.28. The molecule has 2 nitrogen and oxygen atoms in total. The van der Waals surface area contributed by atoms with Crippen molar-refractivity contribution < 1.29 is 9.31 Å². The molecule has 3 heteroatoms. The monoisotopic (exact) mass is 350 g/mol. The standard InChI is InChI=1S/C24H19BO2/c1-3-11-19(12-4-1)21-15-7-9-17-23(21)26-25-27-24-18-10-8-16-22(24)20-13-5-2-6-14-20/h1-18,25H. The van der Waals surface area contributed by atoms with Gasteiger partial charge in [-0.2, -0.15) is 0 Å². The maximum absolute atomic E-state index is 5.96. The largest absolute Gasteiger partial charge is 0.576 e. The molecule has 0 saturated heterocycles. The van der Waals surface area contributed by atoms with E-state index in [-0.39, 0.29) is 7.69 Å². The summed E-state index contributed by atoms with van der Waals surface area (Å²) < 4.78 is 11.9. The molecule has 0 heterocycles. The Kier molecular flexibility index (Phi) is 5.21. The lowest BCUT2D eigenvalue weighted by molar-refractivity contribution is 0.461. The molecule has 0 aliphatic carbocycles. The van der Waals surface area contributed by atoms with Crippen molar-refractivity contribution in [2.45, 2.75) is 0 Å². The van der Waals surface area contributed by atoms with Gasteiger partial charge in [0.05, 0.1) is 0 Å². The SMILES string of the molecule is B(Oc1ccccc1-c1ccccc1)Oc1ccccc1-c1ccccc1. The van der Waals surface area contributed by atoms with E-state index in [0.29, 0.717) is 0 Å². The van der Waals surface area contributed by atoms with Crippen molar-refractivity contribution in [1.82, 2.24) is 0 Å². The fourth-order valence-electron chi connectivity index (χ4n) is 3.05. The predicted molar refractivity (Wildman–Crippen MR) is 112 cm³/mol. The Bertz CT molecular complexity index is 918. The molecule has 0 radical (unpaired) electrons. The molecule has 0 atom stereocenters. The highest BCUT2D eigenvalue weighted by molar-refractivity contribution is 6.21. The first kappa shape index (κ1) is 17.0. The van der Waals surface area contributed by atoms with E-state index in [1.165, 1.54) is 0 Å². The molecule has 0 aliphatic rings. The zero-order valence-electron chi connectivity index (χ0n) is 14.9. The molecule has 0 unspecified atom stereocenters. The topological polar surface area (TPSA) is 18.5 Å². The number of rotatable bonds is 6. The van der Waals surface area contributed by atoms with Crippen LogP contribution in [0.15, 0.2) is 109 Å². The molecule has 0 saturated carbocycles. The van der Waals surface area contributed by atoms with Crippen molar-refractivity contribution in [1.29, 1.82) is 0 Å². The van der Waals surface area contributed by atoms with E-state index in [9.17, 15) is 0 Å². The Morgan fingerprint density at radius 3 is 1.22 bits per heavy atom. The van der Waals surface area contributed by atoms with Gasteiger partial charge in [0, 0.05) is 11.1 Å². The minimum Gasteiger partial charge on any atom is -0.528 e. The number of para-hydroxylation sites is 2. The fourth-order valence-corrected chi connectivity index (χ4v) is 3.05. The summed E-state index contributed by atoms with van der Waals surface area (Å²) in [5.74, 6) is 1.61. The van der Waals surface area contributed by atoms with Crippen LogP contribution in [0.25, 0.3) is 22.3 Å². The lowest BCUT2D eigenvalue weighted by atomic mass is 10.0. The van der Waals surface area contributed by atoms with Gasteiger partial charge in [0.15, 0.2) is 0 Å². The molecule has 0 aromatic heterocycles. The fraction of sp³-hybridized carbons (Fsp3) is 0. The average molecular weight is 350 g/mol. The smallest absolute Gasteiger partial charge is 0.528 e. The molecule has 0 aliphatic heterocycles. The Labute approximate surface area is 160 Å². The maximum Gasteiger partial charge on any atom is 0.576 e. The Hall–Kier alpha value is -3.46. The molecule has 4 aromatic rings. The number of hydrogen-bond donors (Lipinski definition) is 0. The van der Waals surface area contributed by atoms with E-state index >= 15 is 0 Å². The van der Waals surface area contributed by atoms with E-state index in [1.807, 2.05) is 72.8 Å². The minimum atomic E-state index is 0.147. The third-order valence-corrected chi connectivity index (χ3v) is 4.37. The van der Waals surface area contributed by atoms with Crippen molar-refractivity contribution in [3.8, 4) is 33.8 Å². The number of hydrogen-bond acceptors (Lipinski definition) is 2. The molecule has 0 spiro atoms. The highest BCUT2D eigenvalue weighted by atomic mass is 16.6. The van der Waals surface area contributed by atoms with Crippen molar-refractivity contribution >= 4 is 7.69 Å². The zero-order valence-corrected chi connectivity index (χ0v) is 14.9. The maximum atomic E-state index is 5.96. The van der Waals surface area contributed by atoms with Crippen LogP contribution in [0.1, 0.15) is 0 Å². The van der Waals surface area contributed by atoms with Crippen LogP contribution < -0.4 is 9.31 Å². The van der Waals surface area contributed by atoms with Gasteiger partial charge in [-0.05, 0) is 23.3 Å². The van der Waals surface area contributed by atoms with Gasteiger partial charge < -0.3 is 9.31 Å². The summed E-state index contributed by atoms with van der Waals surface area (Å²) >= 11 is 0. The second-order valence-corrected chi connectivity index (χ2v) is 6.13. The molecule has 0 bridgehead atoms. The molecule has 0 amide bonds. The van der Waals surface area contributed by atoms with Crippen LogP contribution in [0.2, 0.25) is 0 Å². The first-order valence-corrected chi connectivity index (χ1v) is 8.96. The Balaban J connectivity index is 1.51. The van der Waals surface area contributed by atoms with Crippen LogP contribution in [0.3, 0.4) is 0 Å². The predicted octanol–water partition coefficient (Wildman–Crippen LogP) is 5.74. The van der Waals surface area contributed by atoms with Gasteiger partial charge in [0.1, 0.15) is 11.5 Å². The van der Waals surface area contributed by atoms with Gasteiger partial charge >= 0.3 is 7.69 Å². The van der Waals surface area contributed by atoms with E-state index in [0.717, 1.165) is 33.8 Å². The molecule has 27 heavy (non-hydrogen) atoms. The van der Waals surface area contributed by atoms with Crippen LogP contribution in [0.4, 0.5) is 0 Å². The number of benzene rings is 4. The van der Waals surface area contributed by atoms with E-state index in [4.69, 9.17) is 9.31 Å². The van der Waals surface area contributed by atoms with E-state index in [1.54, 1.807) is 0 Å². The van der Waals surface area contributed by atoms with Gasteiger partial charge in [-0.25, -0.2) is 0 Å². The summed E-state index contributed by atoms with van der Waals surface area (Å²) in [6.45, 7) is 0. The van der Waals surface area contributed by atoms with Crippen LogP contribution in [0, 0.1) is 0 Å². The lowest BCUT2D eigenvalue weighted by Crippen LogP contribution is -2.12. The van der Waals surface area contributed by atoms with Crippen LogP contribution in [-0.4, -0.2) is 7.69 Å². The van der Waals surface area contributed by atoms with Crippen molar-refractivity contribution in [2.24, 2.45) is 0 Å². The lowest BCUT2D eigenvalue weighted by Gasteiger charge is -2.14. The van der Waals surface area contributed by atoms with Gasteiger partial charge in [-0.1, -0.05) is 97.1 Å². The van der Waals surface area contributed by atoms with Gasteiger partial charge in [0.2, 0.25) is 0 Å². The molecule has 130 valence electrons. The van der Waals surface area contributed by atoms with Gasteiger partial charge in [0.25, 0.3) is 0 Å². The average Bonchev–Trinajstić information content (AvgIpc) is 2.76. The molecule has 0 N–H and O–H groups in total. The van der Waals surface area contributed by atoms with Gasteiger partial charge in [-0.3, -0.25) is 0 Å². The Morgan fingerprint density at radius 2 is 0.778 bits per heavy atom. The third kappa shape index (κ3) is 4.04. The summed E-state index contributed by atoms with van der Waals surface area (Å²) in [7, 11) is 0.147. The van der Waals surface area contributed by atoms with Gasteiger partial charge in [-0.15, -0.1) is 0 Å². The molecule has 0 fully saturated rings. The first-order valence-electron chi connectivity index (χ1n) is 8.96. The Morgan fingerprint density at radius 1 is 0.407 bits per heavy atom. The summed E-state index contributed by atoms with van der Waals surface area (Å²) in [6.07, 6.45) is 0. The third-order valence-electron chi connectivity index (χ3n) is 4.37. The van der Waals surface area contributed by atoms with Crippen LogP contribution in [0.5, 0.6) is 11.5 Å². The summed E-state index contributed by atoms with van der Waals surface area (Å²) in [4.78, 5) is 0. The van der Waals surface area contributed by atoms with Crippen molar-refractivity contribution in [3.63, 3.8) is 0 Å². The van der Waals surface area contributed by atoms with Crippen LogP contribution in [-0.2, 0) is 0 Å². The summed E-state index contributed by atoms with van der Waals surface area (Å²) in [5.41, 5.74) is 4.35. The second-order valence-electron chi connectivity index (χ2n) is 6.13.